The van der Waals surface area contributed by atoms with Crippen LogP contribution in [0, 0.1) is 11.3 Å². The first-order valence-electron chi connectivity index (χ1n) is 8.87. The van der Waals surface area contributed by atoms with E-state index in [-0.39, 0.29) is 12.1 Å². The van der Waals surface area contributed by atoms with Crippen molar-refractivity contribution in [1.29, 1.82) is 0 Å². The Morgan fingerprint density at radius 2 is 1.95 bits per heavy atom. The van der Waals surface area contributed by atoms with Crippen LogP contribution in [-0.2, 0) is 4.74 Å². The highest BCUT2D eigenvalue weighted by Crippen LogP contribution is 2.36. The number of carbonyl (C=O) groups excluding carboxylic acids is 1. The molecule has 128 valence electrons. The minimum atomic E-state index is -0.432. The van der Waals surface area contributed by atoms with Gasteiger partial charge in [-0.15, -0.1) is 0 Å². The Kier molecular flexibility index (Phi) is 5.41. The molecule has 2 unspecified atom stereocenters. The van der Waals surface area contributed by atoms with E-state index < -0.39 is 5.60 Å². The van der Waals surface area contributed by atoms with Gasteiger partial charge in [0.25, 0.3) is 0 Å². The van der Waals surface area contributed by atoms with Crippen LogP contribution in [0.5, 0.6) is 0 Å². The highest BCUT2D eigenvalue weighted by atomic mass is 16.6. The van der Waals surface area contributed by atoms with Gasteiger partial charge in [0.15, 0.2) is 0 Å². The van der Waals surface area contributed by atoms with Crippen LogP contribution in [0.4, 0.5) is 4.79 Å². The smallest absolute Gasteiger partial charge is 0.407 e. The average Bonchev–Trinajstić information content (AvgIpc) is 3.15. The van der Waals surface area contributed by atoms with E-state index in [1.165, 1.54) is 38.5 Å². The second kappa shape index (κ2) is 6.77. The van der Waals surface area contributed by atoms with E-state index in [0.717, 1.165) is 6.54 Å². The summed E-state index contributed by atoms with van der Waals surface area (Å²) in [6.07, 6.45) is 7.28. The van der Waals surface area contributed by atoms with Crippen molar-refractivity contribution >= 4 is 6.09 Å². The van der Waals surface area contributed by atoms with Gasteiger partial charge in [0.2, 0.25) is 0 Å². The lowest BCUT2D eigenvalue weighted by Crippen LogP contribution is -2.48. The maximum absolute atomic E-state index is 12.0. The summed E-state index contributed by atoms with van der Waals surface area (Å²) in [5.41, 5.74) is 0.0165. The molecule has 0 radical (unpaired) electrons. The standard InChI is InChI=1S/C18H34N2O2/c1-17(2,3)22-16(21)20-15(13-8-9-13)12-19-14-7-6-10-18(4,5)11-14/h13-15,19H,6-12H2,1-5H3,(H,20,21). The molecule has 2 aliphatic rings. The van der Waals surface area contributed by atoms with E-state index in [9.17, 15) is 4.79 Å². The summed E-state index contributed by atoms with van der Waals surface area (Å²) in [6.45, 7) is 11.3. The molecular weight excluding hydrogens is 276 g/mol. The van der Waals surface area contributed by atoms with Gasteiger partial charge in [0.05, 0.1) is 0 Å². The molecule has 1 amide bonds. The summed E-state index contributed by atoms with van der Waals surface area (Å²) >= 11 is 0. The van der Waals surface area contributed by atoms with Crippen LogP contribution in [0.2, 0.25) is 0 Å². The van der Waals surface area contributed by atoms with Gasteiger partial charge >= 0.3 is 6.09 Å². The largest absolute Gasteiger partial charge is 0.444 e. The Hall–Kier alpha value is -0.770. The van der Waals surface area contributed by atoms with Crippen LogP contribution < -0.4 is 10.6 Å². The fourth-order valence-corrected chi connectivity index (χ4v) is 3.46. The first-order valence-corrected chi connectivity index (χ1v) is 8.87. The lowest BCUT2D eigenvalue weighted by molar-refractivity contribution is 0.0495. The molecule has 0 spiro atoms. The fourth-order valence-electron chi connectivity index (χ4n) is 3.46. The van der Waals surface area contributed by atoms with Crippen LogP contribution in [0.3, 0.4) is 0 Å². The normalized spacial score (nSPS) is 26.3. The molecular formula is C18H34N2O2. The van der Waals surface area contributed by atoms with Crippen LogP contribution in [-0.4, -0.2) is 30.3 Å². The molecule has 2 fully saturated rings. The van der Waals surface area contributed by atoms with Crippen molar-refractivity contribution in [2.75, 3.05) is 6.54 Å². The van der Waals surface area contributed by atoms with Crippen molar-refractivity contribution < 1.29 is 9.53 Å². The number of hydrogen-bond acceptors (Lipinski definition) is 3. The van der Waals surface area contributed by atoms with E-state index in [1.807, 2.05) is 20.8 Å². The van der Waals surface area contributed by atoms with Crippen LogP contribution in [0.15, 0.2) is 0 Å². The average molecular weight is 310 g/mol. The lowest BCUT2D eigenvalue weighted by atomic mass is 9.75. The maximum Gasteiger partial charge on any atom is 0.407 e. The first kappa shape index (κ1) is 17.6. The number of carbonyl (C=O) groups is 1. The van der Waals surface area contributed by atoms with E-state index in [2.05, 4.69) is 24.5 Å². The predicted octanol–water partition coefficient (Wildman–Crippen LogP) is 3.85. The van der Waals surface area contributed by atoms with Crippen molar-refractivity contribution in [3.63, 3.8) is 0 Å². The number of rotatable bonds is 5. The molecule has 0 aromatic heterocycles. The van der Waals surface area contributed by atoms with Gasteiger partial charge in [0.1, 0.15) is 5.60 Å². The predicted molar refractivity (Wildman–Crippen MR) is 89.9 cm³/mol. The van der Waals surface area contributed by atoms with Crippen LogP contribution in [0.25, 0.3) is 0 Å². The Balaban J connectivity index is 1.78. The molecule has 2 aliphatic carbocycles. The van der Waals surface area contributed by atoms with Crippen molar-refractivity contribution in [2.24, 2.45) is 11.3 Å². The summed E-state index contributed by atoms with van der Waals surface area (Å²) < 4.78 is 5.39. The molecule has 0 aromatic rings. The van der Waals surface area contributed by atoms with Crippen molar-refractivity contribution in [1.82, 2.24) is 10.6 Å². The molecule has 4 heteroatoms. The van der Waals surface area contributed by atoms with Crippen molar-refractivity contribution in [2.45, 2.75) is 90.8 Å². The van der Waals surface area contributed by atoms with Gasteiger partial charge in [-0.05, 0) is 64.2 Å². The number of alkyl carbamates (subject to hydrolysis) is 1. The van der Waals surface area contributed by atoms with E-state index in [0.29, 0.717) is 17.4 Å². The third-order valence-corrected chi connectivity index (χ3v) is 4.72. The molecule has 2 rings (SSSR count). The van der Waals surface area contributed by atoms with E-state index >= 15 is 0 Å². The molecule has 0 bridgehead atoms. The van der Waals surface area contributed by atoms with Crippen molar-refractivity contribution in [3.05, 3.63) is 0 Å². The fraction of sp³-hybridized carbons (Fsp3) is 0.944. The Morgan fingerprint density at radius 3 is 2.50 bits per heavy atom. The minimum absolute atomic E-state index is 0.208. The Labute approximate surface area is 135 Å². The molecule has 2 saturated carbocycles. The zero-order valence-corrected chi connectivity index (χ0v) is 15.0. The number of hydrogen-bond donors (Lipinski definition) is 2. The molecule has 2 atom stereocenters. The SMILES string of the molecule is CC1(C)CCCC(NCC(NC(=O)OC(C)(C)C)C2CC2)C1. The zero-order valence-electron chi connectivity index (χ0n) is 15.0. The Morgan fingerprint density at radius 1 is 1.27 bits per heavy atom. The van der Waals surface area contributed by atoms with Gasteiger partial charge in [0, 0.05) is 18.6 Å². The number of nitrogens with one attached hydrogen (secondary N) is 2. The molecule has 22 heavy (non-hydrogen) atoms. The summed E-state index contributed by atoms with van der Waals surface area (Å²) in [6, 6.07) is 0.797. The summed E-state index contributed by atoms with van der Waals surface area (Å²) in [5.74, 6) is 0.622. The van der Waals surface area contributed by atoms with Crippen LogP contribution >= 0.6 is 0 Å². The molecule has 2 N–H and O–H groups in total. The Bertz CT molecular complexity index is 383. The van der Waals surface area contributed by atoms with Gasteiger partial charge < -0.3 is 15.4 Å². The number of amides is 1. The van der Waals surface area contributed by atoms with E-state index in [4.69, 9.17) is 4.74 Å². The molecule has 0 heterocycles. The maximum atomic E-state index is 12.0. The van der Waals surface area contributed by atoms with Crippen LogP contribution in [0.1, 0.15) is 73.1 Å². The topological polar surface area (TPSA) is 50.4 Å². The summed E-state index contributed by atoms with van der Waals surface area (Å²) in [4.78, 5) is 12.0. The summed E-state index contributed by atoms with van der Waals surface area (Å²) in [7, 11) is 0. The monoisotopic (exact) mass is 310 g/mol. The minimum Gasteiger partial charge on any atom is -0.444 e. The highest BCUT2D eigenvalue weighted by Gasteiger charge is 2.34. The molecule has 0 aliphatic heterocycles. The third kappa shape index (κ3) is 6.15. The second-order valence-electron chi connectivity index (χ2n) is 8.96. The highest BCUT2D eigenvalue weighted by molar-refractivity contribution is 5.68. The zero-order chi connectivity index (χ0) is 16.4. The first-order chi connectivity index (χ1) is 10.1. The van der Waals surface area contributed by atoms with Gasteiger partial charge in [-0.1, -0.05) is 20.3 Å². The lowest BCUT2D eigenvalue weighted by Gasteiger charge is -2.36. The summed E-state index contributed by atoms with van der Waals surface area (Å²) in [5, 5.41) is 6.77. The quantitative estimate of drug-likeness (QED) is 0.811. The third-order valence-electron chi connectivity index (χ3n) is 4.72. The second-order valence-corrected chi connectivity index (χ2v) is 8.96. The van der Waals surface area contributed by atoms with E-state index in [1.54, 1.807) is 0 Å². The molecule has 4 nitrogen and oxygen atoms in total. The molecule has 0 saturated heterocycles. The van der Waals surface area contributed by atoms with Gasteiger partial charge in [-0.25, -0.2) is 4.79 Å². The number of ether oxygens (including phenoxy) is 1. The van der Waals surface area contributed by atoms with Crippen molar-refractivity contribution in [3.8, 4) is 0 Å². The molecule has 0 aromatic carbocycles. The van der Waals surface area contributed by atoms with Gasteiger partial charge in [-0.3, -0.25) is 0 Å². The van der Waals surface area contributed by atoms with Gasteiger partial charge in [-0.2, -0.15) is 0 Å².